The van der Waals surface area contributed by atoms with E-state index in [1.807, 2.05) is 36.4 Å². The van der Waals surface area contributed by atoms with Crippen molar-refractivity contribution in [2.24, 2.45) is 0 Å². The average molecular weight is 448 g/mol. The first-order valence-electron chi connectivity index (χ1n) is 9.51. The van der Waals surface area contributed by atoms with Crippen LogP contribution in [0.5, 0.6) is 5.75 Å². The van der Waals surface area contributed by atoms with E-state index < -0.39 is 5.82 Å². The average Bonchev–Trinajstić information content (AvgIpc) is 2.77. The molecular formula is C26H16Cl2FNO. The zero-order valence-corrected chi connectivity index (χ0v) is 17.8. The van der Waals surface area contributed by atoms with Crippen molar-refractivity contribution in [2.45, 2.75) is 6.61 Å². The molecule has 0 aliphatic rings. The quantitative estimate of drug-likeness (QED) is 0.229. The molecule has 4 aromatic rings. The predicted molar refractivity (Wildman–Crippen MR) is 125 cm³/mol. The summed E-state index contributed by atoms with van der Waals surface area (Å²) in [6, 6.07) is 25.6. The number of allylic oxidation sites excluding steroid dienone is 1. The first-order valence-corrected chi connectivity index (χ1v) is 10.3. The first-order chi connectivity index (χ1) is 15.0. The maximum absolute atomic E-state index is 14.0. The number of nitriles is 1. The van der Waals surface area contributed by atoms with Gasteiger partial charge in [-0.3, -0.25) is 0 Å². The molecule has 0 amide bonds. The van der Waals surface area contributed by atoms with Crippen LogP contribution in [0.3, 0.4) is 0 Å². The van der Waals surface area contributed by atoms with Crippen molar-refractivity contribution >= 4 is 45.6 Å². The van der Waals surface area contributed by atoms with Crippen LogP contribution >= 0.6 is 23.2 Å². The van der Waals surface area contributed by atoms with E-state index in [2.05, 4.69) is 12.1 Å². The van der Waals surface area contributed by atoms with E-state index in [0.29, 0.717) is 28.0 Å². The summed E-state index contributed by atoms with van der Waals surface area (Å²) in [5, 5.41) is 12.4. The molecule has 5 heteroatoms. The minimum atomic E-state index is -0.470. The molecule has 0 spiro atoms. The highest BCUT2D eigenvalue weighted by atomic mass is 35.5. The largest absolute Gasteiger partial charge is 0.486 e. The van der Waals surface area contributed by atoms with E-state index in [1.165, 1.54) is 6.07 Å². The van der Waals surface area contributed by atoms with Crippen molar-refractivity contribution in [2.75, 3.05) is 0 Å². The summed E-state index contributed by atoms with van der Waals surface area (Å²) in [7, 11) is 0. The molecular weight excluding hydrogens is 432 g/mol. The Kier molecular flexibility index (Phi) is 6.23. The highest BCUT2D eigenvalue weighted by Crippen LogP contribution is 2.36. The van der Waals surface area contributed by atoms with Gasteiger partial charge in [0.05, 0.1) is 21.7 Å². The predicted octanol–water partition coefficient (Wildman–Crippen LogP) is 7.93. The molecule has 0 aliphatic carbocycles. The fourth-order valence-corrected chi connectivity index (χ4v) is 3.91. The molecule has 0 radical (unpaired) electrons. The summed E-state index contributed by atoms with van der Waals surface area (Å²) < 4.78 is 19.9. The van der Waals surface area contributed by atoms with E-state index in [-0.39, 0.29) is 11.1 Å². The zero-order chi connectivity index (χ0) is 21.8. The second kappa shape index (κ2) is 9.22. The van der Waals surface area contributed by atoms with Crippen LogP contribution in [0.25, 0.3) is 22.4 Å². The molecule has 152 valence electrons. The highest BCUT2D eigenvalue weighted by Gasteiger charge is 2.12. The number of halogens is 3. The topological polar surface area (TPSA) is 33.0 Å². The molecule has 0 aliphatic heterocycles. The van der Waals surface area contributed by atoms with Crippen LogP contribution in [-0.4, -0.2) is 0 Å². The third-order valence-electron chi connectivity index (χ3n) is 4.81. The first kappa shape index (κ1) is 20.9. The van der Waals surface area contributed by atoms with E-state index in [1.54, 1.807) is 36.4 Å². The van der Waals surface area contributed by atoms with Crippen molar-refractivity contribution in [3.8, 4) is 11.8 Å². The molecule has 4 aromatic carbocycles. The van der Waals surface area contributed by atoms with E-state index in [9.17, 15) is 9.65 Å². The summed E-state index contributed by atoms with van der Waals surface area (Å²) in [4.78, 5) is 0. The smallest absolute Gasteiger partial charge is 0.157 e. The molecule has 0 N–H and O–H groups in total. The maximum atomic E-state index is 14.0. The molecule has 2 nitrogen and oxygen atoms in total. The van der Waals surface area contributed by atoms with Crippen molar-refractivity contribution in [3.05, 3.63) is 111 Å². The number of ether oxygens (including phenoxy) is 1. The molecule has 0 heterocycles. The normalized spacial score (nSPS) is 11.4. The Hall–Kier alpha value is -3.32. The summed E-state index contributed by atoms with van der Waals surface area (Å²) >= 11 is 12.8. The SMILES string of the molecule is N#C/C(=C/c1cc(Cl)c(OCc2ccc3ccccc3c2)c(Cl)c1)c1ccccc1F. The number of nitrogens with zero attached hydrogens (tertiary/aromatic N) is 1. The van der Waals surface area contributed by atoms with Crippen LogP contribution in [-0.2, 0) is 6.61 Å². The van der Waals surface area contributed by atoms with Gasteiger partial charge < -0.3 is 4.74 Å². The minimum absolute atomic E-state index is 0.176. The van der Waals surface area contributed by atoms with Crippen LogP contribution in [0.1, 0.15) is 16.7 Å². The van der Waals surface area contributed by atoms with Gasteiger partial charge in [-0.1, -0.05) is 77.8 Å². The third-order valence-corrected chi connectivity index (χ3v) is 5.37. The van der Waals surface area contributed by atoms with Crippen molar-refractivity contribution in [3.63, 3.8) is 0 Å². The zero-order valence-electron chi connectivity index (χ0n) is 16.3. The number of hydrogen-bond acceptors (Lipinski definition) is 2. The van der Waals surface area contributed by atoms with Crippen LogP contribution in [0.2, 0.25) is 10.0 Å². The van der Waals surface area contributed by atoms with E-state index in [0.717, 1.165) is 16.3 Å². The van der Waals surface area contributed by atoms with Crippen LogP contribution in [0.4, 0.5) is 4.39 Å². The van der Waals surface area contributed by atoms with Crippen LogP contribution < -0.4 is 4.74 Å². The highest BCUT2D eigenvalue weighted by molar-refractivity contribution is 6.37. The van der Waals surface area contributed by atoms with Gasteiger partial charge in [0.2, 0.25) is 0 Å². The number of rotatable bonds is 5. The van der Waals surface area contributed by atoms with Gasteiger partial charge in [0.25, 0.3) is 0 Å². The summed E-state index contributed by atoms with van der Waals surface area (Å²) in [6.07, 6.45) is 1.54. The van der Waals surface area contributed by atoms with Crippen LogP contribution in [0.15, 0.2) is 78.9 Å². The molecule has 0 saturated heterocycles. The molecule has 0 aromatic heterocycles. The lowest BCUT2D eigenvalue weighted by atomic mass is 10.0. The maximum Gasteiger partial charge on any atom is 0.157 e. The monoisotopic (exact) mass is 447 g/mol. The van der Waals surface area contributed by atoms with Crippen molar-refractivity contribution < 1.29 is 9.13 Å². The second-order valence-corrected chi connectivity index (χ2v) is 7.75. The van der Waals surface area contributed by atoms with Crippen molar-refractivity contribution in [1.82, 2.24) is 0 Å². The Morgan fingerprint density at radius 1 is 0.903 bits per heavy atom. The minimum Gasteiger partial charge on any atom is -0.486 e. The van der Waals surface area contributed by atoms with Gasteiger partial charge in [0.1, 0.15) is 12.4 Å². The molecule has 0 bridgehead atoms. The van der Waals surface area contributed by atoms with Gasteiger partial charge >= 0.3 is 0 Å². The van der Waals surface area contributed by atoms with E-state index >= 15 is 0 Å². The van der Waals surface area contributed by atoms with Gasteiger partial charge in [-0.2, -0.15) is 5.26 Å². The Labute approximate surface area is 189 Å². The second-order valence-electron chi connectivity index (χ2n) is 6.93. The lowest BCUT2D eigenvalue weighted by Crippen LogP contribution is -1.97. The number of hydrogen-bond donors (Lipinski definition) is 0. The van der Waals surface area contributed by atoms with Crippen LogP contribution in [0, 0.1) is 17.1 Å². The molecule has 4 rings (SSSR count). The fourth-order valence-electron chi connectivity index (χ4n) is 3.30. The molecule has 0 fully saturated rings. The summed E-state index contributed by atoms with van der Waals surface area (Å²) in [5.74, 6) is -0.110. The Morgan fingerprint density at radius 2 is 1.58 bits per heavy atom. The summed E-state index contributed by atoms with van der Waals surface area (Å²) in [5.41, 5.74) is 1.96. The van der Waals surface area contributed by atoms with Crippen molar-refractivity contribution in [1.29, 1.82) is 5.26 Å². The van der Waals surface area contributed by atoms with E-state index in [4.69, 9.17) is 27.9 Å². The van der Waals surface area contributed by atoms with Gasteiger partial charge in [-0.15, -0.1) is 0 Å². The molecule has 0 saturated carbocycles. The molecule has 0 atom stereocenters. The standard InChI is InChI=1S/C26H16Cl2FNO/c27-23-13-18(12-21(15-30)22-7-3-4-8-25(22)29)14-24(28)26(23)31-16-17-9-10-19-5-1-2-6-20(19)11-17/h1-14H,16H2/b21-12-. The Morgan fingerprint density at radius 3 is 2.29 bits per heavy atom. The van der Waals surface area contributed by atoms with Gasteiger partial charge in [-0.25, -0.2) is 4.39 Å². The van der Waals surface area contributed by atoms with Gasteiger partial charge in [-0.05, 0) is 52.2 Å². The van der Waals surface area contributed by atoms with Gasteiger partial charge in [0.15, 0.2) is 5.75 Å². The molecule has 0 unspecified atom stereocenters. The molecule has 31 heavy (non-hydrogen) atoms. The Balaban J connectivity index is 1.58. The number of fused-ring (bicyclic) bond motifs is 1. The lowest BCUT2D eigenvalue weighted by molar-refractivity contribution is 0.307. The lowest BCUT2D eigenvalue weighted by Gasteiger charge is -2.12. The third kappa shape index (κ3) is 4.72. The summed E-state index contributed by atoms with van der Waals surface area (Å²) in [6.45, 7) is 0.304. The Bertz CT molecular complexity index is 1320. The number of benzene rings is 4. The fraction of sp³-hybridized carbons (Fsp3) is 0.0385. The van der Waals surface area contributed by atoms with Gasteiger partial charge in [0, 0.05) is 5.56 Å².